The van der Waals surface area contributed by atoms with Gasteiger partial charge in [-0.3, -0.25) is 0 Å². The summed E-state index contributed by atoms with van der Waals surface area (Å²) in [4.78, 5) is 4.01. The Kier molecular flexibility index (Phi) is 4.50. The smallest absolute Gasteiger partial charge is 0.212 e. The number of methoxy groups -OCH3 is 1. The molecule has 1 aromatic carbocycles. The molecule has 0 radical (unpaired) electrons. The summed E-state index contributed by atoms with van der Waals surface area (Å²) >= 11 is 3.20. The first-order chi connectivity index (χ1) is 9.10. The molecule has 0 aliphatic carbocycles. The van der Waals surface area contributed by atoms with Crippen molar-refractivity contribution < 1.29 is 14.2 Å². The van der Waals surface area contributed by atoms with Gasteiger partial charge >= 0.3 is 0 Å². The lowest BCUT2D eigenvalue weighted by Crippen LogP contribution is -2.04. The minimum atomic E-state index is -0.797. The van der Waals surface area contributed by atoms with E-state index in [1.165, 1.54) is 19.4 Å². The molecule has 0 fully saturated rings. The first-order valence-electron chi connectivity index (χ1n) is 5.72. The van der Waals surface area contributed by atoms with E-state index in [0.29, 0.717) is 21.5 Å². The monoisotopic (exact) mass is 325 g/mol. The van der Waals surface area contributed by atoms with Gasteiger partial charge in [-0.25, -0.2) is 9.37 Å². The van der Waals surface area contributed by atoms with Crippen LogP contribution in [0.3, 0.4) is 0 Å². The zero-order chi connectivity index (χ0) is 13.8. The largest absolute Gasteiger partial charge is 0.481 e. The first-order valence-corrected chi connectivity index (χ1v) is 6.51. The van der Waals surface area contributed by atoms with Crippen molar-refractivity contribution >= 4 is 15.9 Å². The van der Waals surface area contributed by atoms with E-state index in [1.54, 1.807) is 24.3 Å². The van der Waals surface area contributed by atoms with Crippen LogP contribution in [0.25, 0.3) is 0 Å². The normalized spacial score (nSPS) is 12.2. The van der Waals surface area contributed by atoms with Crippen molar-refractivity contribution in [2.45, 2.75) is 12.5 Å². The van der Waals surface area contributed by atoms with E-state index >= 15 is 0 Å². The Balaban J connectivity index is 2.13. The lowest BCUT2D eigenvalue weighted by molar-refractivity contribution is 0.176. The first kappa shape index (κ1) is 14.0. The number of aliphatic hydroxyl groups excluding tert-OH is 1. The van der Waals surface area contributed by atoms with Crippen LogP contribution in [0.2, 0.25) is 0 Å². The maximum atomic E-state index is 13.7. The Morgan fingerprint density at radius 3 is 2.74 bits per heavy atom. The third kappa shape index (κ3) is 3.52. The van der Waals surface area contributed by atoms with Gasteiger partial charge in [0.2, 0.25) is 5.88 Å². The molecule has 3 nitrogen and oxygen atoms in total. The second-order valence-electron chi connectivity index (χ2n) is 4.09. The highest BCUT2D eigenvalue weighted by Gasteiger charge is 2.12. The summed E-state index contributed by atoms with van der Waals surface area (Å²) in [5, 5.41) is 10.1. The van der Waals surface area contributed by atoms with Crippen molar-refractivity contribution in [3.05, 3.63) is 57.9 Å². The highest BCUT2D eigenvalue weighted by molar-refractivity contribution is 9.10. The van der Waals surface area contributed by atoms with E-state index in [2.05, 4.69) is 20.9 Å². The number of aromatic nitrogens is 1. The lowest BCUT2D eigenvalue weighted by Gasteiger charge is -2.12. The fourth-order valence-electron chi connectivity index (χ4n) is 1.72. The number of pyridine rings is 1. The van der Waals surface area contributed by atoms with Crippen LogP contribution in [0.4, 0.5) is 4.39 Å². The third-order valence-corrected chi connectivity index (χ3v) is 3.27. The molecule has 1 N–H and O–H groups in total. The van der Waals surface area contributed by atoms with Crippen molar-refractivity contribution in [1.82, 2.24) is 4.98 Å². The van der Waals surface area contributed by atoms with Gasteiger partial charge in [-0.05, 0) is 29.3 Å². The highest BCUT2D eigenvalue weighted by atomic mass is 79.9. The second kappa shape index (κ2) is 6.12. The van der Waals surface area contributed by atoms with Crippen molar-refractivity contribution in [2.24, 2.45) is 0 Å². The van der Waals surface area contributed by atoms with Crippen molar-refractivity contribution in [3.8, 4) is 5.88 Å². The summed E-state index contributed by atoms with van der Waals surface area (Å²) in [5.74, 6) is 0.140. The van der Waals surface area contributed by atoms with Crippen LogP contribution in [-0.2, 0) is 6.42 Å². The number of nitrogens with zero attached hydrogens (tertiary/aromatic N) is 1. The predicted molar refractivity (Wildman–Crippen MR) is 73.6 cm³/mol. The minimum absolute atomic E-state index is 0.202. The Bertz CT molecular complexity index is 560. The molecule has 0 aliphatic heterocycles. The van der Waals surface area contributed by atoms with Gasteiger partial charge < -0.3 is 9.84 Å². The number of aliphatic hydroxyl groups is 1. The Hall–Kier alpha value is -1.46. The van der Waals surface area contributed by atoms with E-state index in [-0.39, 0.29) is 12.2 Å². The Labute approximate surface area is 119 Å². The topological polar surface area (TPSA) is 42.4 Å². The number of benzene rings is 1. The van der Waals surface area contributed by atoms with Crippen LogP contribution >= 0.6 is 15.9 Å². The second-order valence-corrected chi connectivity index (χ2v) is 5.01. The lowest BCUT2D eigenvalue weighted by atomic mass is 10.0. The van der Waals surface area contributed by atoms with E-state index < -0.39 is 6.10 Å². The Morgan fingerprint density at radius 2 is 2.16 bits per heavy atom. The number of rotatable bonds is 4. The summed E-state index contributed by atoms with van der Waals surface area (Å²) < 4.78 is 19.3. The number of halogens is 2. The predicted octanol–water partition coefficient (Wildman–Crippen LogP) is 3.27. The van der Waals surface area contributed by atoms with Crippen LogP contribution in [-0.4, -0.2) is 17.2 Å². The standard InChI is InChI=1S/C14H13BrFNO2/c1-19-14-5-3-10(8-17-14)13(18)6-9-2-4-11(15)7-12(9)16/h2-5,7-8,13,18H,6H2,1H3. The molecular formula is C14H13BrFNO2. The maximum absolute atomic E-state index is 13.7. The van der Waals surface area contributed by atoms with Gasteiger partial charge in [0.05, 0.1) is 13.2 Å². The molecule has 1 unspecified atom stereocenters. The molecule has 0 bridgehead atoms. The molecular weight excluding hydrogens is 313 g/mol. The fraction of sp³-hybridized carbons (Fsp3) is 0.214. The van der Waals surface area contributed by atoms with Gasteiger partial charge in [0.25, 0.3) is 0 Å². The van der Waals surface area contributed by atoms with Gasteiger partial charge in [-0.2, -0.15) is 0 Å². The Morgan fingerprint density at radius 1 is 1.37 bits per heavy atom. The molecule has 5 heteroatoms. The summed E-state index contributed by atoms with van der Waals surface area (Å²) in [6.07, 6.45) is 0.932. The number of hydrogen-bond donors (Lipinski definition) is 1. The fourth-order valence-corrected chi connectivity index (χ4v) is 2.06. The summed E-state index contributed by atoms with van der Waals surface area (Å²) in [6, 6.07) is 8.16. The summed E-state index contributed by atoms with van der Waals surface area (Å²) in [5.41, 5.74) is 1.09. The summed E-state index contributed by atoms with van der Waals surface area (Å²) in [7, 11) is 1.52. The van der Waals surface area contributed by atoms with Crippen molar-refractivity contribution in [2.75, 3.05) is 7.11 Å². The molecule has 0 saturated carbocycles. The van der Waals surface area contributed by atoms with Gasteiger partial charge in [0, 0.05) is 23.2 Å². The molecule has 0 saturated heterocycles. The quantitative estimate of drug-likeness (QED) is 0.938. The minimum Gasteiger partial charge on any atom is -0.481 e. The average molecular weight is 326 g/mol. The highest BCUT2D eigenvalue weighted by Crippen LogP contribution is 2.22. The van der Waals surface area contributed by atoms with Crippen molar-refractivity contribution in [3.63, 3.8) is 0 Å². The molecule has 0 amide bonds. The van der Waals surface area contributed by atoms with Gasteiger partial charge in [0.1, 0.15) is 5.82 Å². The van der Waals surface area contributed by atoms with Crippen LogP contribution in [0.5, 0.6) is 5.88 Å². The van der Waals surface area contributed by atoms with Crippen molar-refractivity contribution in [1.29, 1.82) is 0 Å². The van der Waals surface area contributed by atoms with Gasteiger partial charge in [0.15, 0.2) is 0 Å². The summed E-state index contributed by atoms with van der Waals surface area (Å²) in [6.45, 7) is 0. The average Bonchev–Trinajstić information content (AvgIpc) is 2.42. The van der Waals surface area contributed by atoms with E-state index in [9.17, 15) is 9.50 Å². The van der Waals surface area contributed by atoms with Crippen LogP contribution in [0, 0.1) is 5.82 Å². The molecule has 0 spiro atoms. The third-order valence-electron chi connectivity index (χ3n) is 2.78. The molecule has 1 aromatic heterocycles. The maximum Gasteiger partial charge on any atom is 0.212 e. The molecule has 0 aliphatic rings. The number of hydrogen-bond acceptors (Lipinski definition) is 3. The van der Waals surface area contributed by atoms with Gasteiger partial charge in [-0.1, -0.05) is 22.0 Å². The molecule has 1 heterocycles. The van der Waals surface area contributed by atoms with Crippen LogP contribution in [0.1, 0.15) is 17.2 Å². The van der Waals surface area contributed by atoms with E-state index in [1.807, 2.05) is 0 Å². The molecule has 2 rings (SSSR count). The van der Waals surface area contributed by atoms with Gasteiger partial charge in [-0.15, -0.1) is 0 Å². The SMILES string of the molecule is COc1ccc(C(O)Cc2ccc(Br)cc2F)cn1. The number of ether oxygens (including phenoxy) is 1. The molecule has 1 atom stereocenters. The molecule has 19 heavy (non-hydrogen) atoms. The molecule has 100 valence electrons. The molecule has 2 aromatic rings. The zero-order valence-electron chi connectivity index (χ0n) is 10.3. The zero-order valence-corrected chi connectivity index (χ0v) is 11.9. The van der Waals surface area contributed by atoms with Crippen LogP contribution in [0.15, 0.2) is 41.0 Å². The van der Waals surface area contributed by atoms with E-state index in [4.69, 9.17) is 4.74 Å². The van der Waals surface area contributed by atoms with Crippen LogP contribution < -0.4 is 4.74 Å². The van der Waals surface area contributed by atoms with E-state index in [0.717, 1.165) is 0 Å².